The fraction of sp³-hybridized carbons (Fsp3) is 0.450. The van der Waals surface area contributed by atoms with E-state index in [2.05, 4.69) is 9.88 Å². The number of nitrogens with zero attached hydrogens (tertiary/aromatic N) is 5. The normalized spacial score (nSPS) is 23.4. The Balaban J connectivity index is 1.59. The van der Waals surface area contributed by atoms with Crippen molar-refractivity contribution in [2.75, 3.05) is 31.1 Å². The fourth-order valence-electron chi connectivity index (χ4n) is 4.32. The van der Waals surface area contributed by atoms with Crippen LogP contribution in [-0.2, 0) is 23.2 Å². The van der Waals surface area contributed by atoms with E-state index in [1.807, 2.05) is 53.0 Å². The highest BCUT2D eigenvalue weighted by Gasteiger charge is 2.50. The summed E-state index contributed by atoms with van der Waals surface area (Å²) in [6.45, 7) is 4.61. The average molecular weight is 367 g/mol. The maximum Gasteiger partial charge on any atom is 0.246 e. The summed E-state index contributed by atoms with van der Waals surface area (Å²) in [6, 6.07) is 9.73. The van der Waals surface area contributed by atoms with Gasteiger partial charge in [-0.15, -0.1) is 0 Å². The van der Waals surface area contributed by atoms with Gasteiger partial charge in [0.15, 0.2) is 0 Å². The third-order valence-electron chi connectivity index (χ3n) is 5.76. The Labute approximate surface area is 159 Å². The molecule has 7 nitrogen and oxygen atoms in total. The van der Waals surface area contributed by atoms with Crippen molar-refractivity contribution in [1.29, 1.82) is 0 Å². The van der Waals surface area contributed by atoms with Crippen molar-refractivity contribution in [1.82, 2.24) is 19.4 Å². The van der Waals surface area contributed by atoms with E-state index in [9.17, 15) is 9.59 Å². The molecule has 0 aliphatic carbocycles. The van der Waals surface area contributed by atoms with Crippen molar-refractivity contribution in [3.63, 3.8) is 0 Å². The SMILES string of the molecule is CC(=O)N1CC(=O)N(c2ccccc2)C[C@]12CCN(Cc1nccn1C)C2. The van der Waals surface area contributed by atoms with Crippen LogP contribution in [0.15, 0.2) is 42.7 Å². The number of piperazine rings is 1. The molecule has 2 amide bonds. The molecule has 3 heterocycles. The highest BCUT2D eigenvalue weighted by Crippen LogP contribution is 2.35. The molecule has 4 rings (SSSR count). The number of para-hydroxylation sites is 1. The van der Waals surface area contributed by atoms with Gasteiger partial charge >= 0.3 is 0 Å². The summed E-state index contributed by atoms with van der Waals surface area (Å²) in [7, 11) is 1.99. The summed E-state index contributed by atoms with van der Waals surface area (Å²) >= 11 is 0. The van der Waals surface area contributed by atoms with Gasteiger partial charge in [0.2, 0.25) is 11.8 Å². The minimum atomic E-state index is -0.346. The van der Waals surface area contributed by atoms with Gasteiger partial charge in [0.25, 0.3) is 0 Å². The zero-order valence-electron chi connectivity index (χ0n) is 15.8. The van der Waals surface area contributed by atoms with E-state index in [4.69, 9.17) is 0 Å². The van der Waals surface area contributed by atoms with Crippen LogP contribution in [0.2, 0.25) is 0 Å². The van der Waals surface area contributed by atoms with E-state index < -0.39 is 0 Å². The monoisotopic (exact) mass is 367 g/mol. The Kier molecular flexibility index (Phi) is 4.47. The Bertz CT molecular complexity index is 849. The molecule has 2 saturated heterocycles. The smallest absolute Gasteiger partial charge is 0.246 e. The zero-order valence-corrected chi connectivity index (χ0v) is 15.8. The van der Waals surface area contributed by atoms with Gasteiger partial charge in [0.1, 0.15) is 12.4 Å². The fourth-order valence-corrected chi connectivity index (χ4v) is 4.32. The minimum Gasteiger partial charge on any atom is -0.337 e. The molecule has 1 aromatic heterocycles. The second-order valence-electron chi connectivity index (χ2n) is 7.56. The van der Waals surface area contributed by atoms with Gasteiger partial charge in [-0.2, -0.15) is 0 Å². The lowest BCUT2D eigenvalue weighted by Gasteiger charge is -2.48. The van der Waals surface area contributed by atoms with Gasteiger partial charge in [-0.1, -0.05) is 18.2 Å². The van der Waals surface area contributed by atoms with Crippen LogP contribution in [0.3, 0.4) is 0 Å². The van der Waals surface area contributed by atoms with Crippen LogP contribution in [0, 0.1) is 0 Å². The summed E-state index contributed by atoms with van der Waals surface area (Å²) in [5.41, 5.74) is 0.549. The summed E-state index contributed by atoms with van der Waals surface area (Å²) < 4.78 is 2.02. The van der Waals surface area contributed by atoms with E-state index >= 15 is 0 Å². The van der Waals surface area contributed by atoms with Gasteiger partial charge in [-0.05, 0) is 18.6 Å². The quantitative estimate of drug-likeness (QED) is 0.819. The number of aryl methyl sites for hydroxylation is 1. The molecule has 2 aromatic rings. The van der Waals surface area contributed by atoms with Gasteiger partial charge in [-0.25, -0.2) is 4.98 Å². The van der Waals surface area contributed by atoms with Gasteiger partial charge in [0, 0.05) is 45.1 Å². The second kappa shape index (κ2) is 6.81. The Morgan fingerprint density at radius 1 is 1.22 bits per heavy atom. The van der Waals surface area contributed by atoms with Crippen molar-refractivity contribution in [2.45, 2.75) is 25.4 Å². The lowest BCUT2D eigenvalue weighted by molar-refractivity contribution is -0.142. The third-order valence-corrected chi connectivity index (χ3v) is 5.76. The molecule has 0 bridgehead atoms. The van der Waals surface area contributed by atoms with Gasteiger partial charge in [-0.3, -0.25) is 14.5 Å². The van der Waals surface area contributed by atoms with E-state index in [0.29, 0.717) is 6.54 Å². The van der Waals surface area contributed by atoms with E-state index in [1.54, 1.807) is 18.0 Å². The molecule has 2 fully saturated rings. The molecule has 1 aromatic carbocycles. The van der Waals surface area contributed by atoms with Crippen LogP contribution in [-0.4, -0.2) is 62.9 Å². The van der Waals surface area contributed by atoms with Crippen LogP contribution < -0.4 is 4.90 Å². The summed E-state index contributed by atoms with van der Waals surface area (Å²) in [5.74, 6) is 0.952. The predicted molar refractivity (Wildman–Crippen MR) is 102 cm³/mol. The first-order valence-electron chi connectivity index (χ1n) is 9.31. The molecular weight excluding hydrogens is 342 g/mol. The number of rotatable bonds is 3. The number of anilines is 1. The number of likely N-dealkylation sites (tertiary alicyclic amines) is 1. The highest BCUT2D eigenvalue weighted by molar-refractivity contribution is 5.98. The number of hydrogen-bond donors (Lipinski definition) is 0. The Hall–Kier alpha value is -2.67. The van der Waals surface area contributed by atoms with E-state index in [-0.39, 0.29) is 23.9 Å². The van der Waals surface area contributed by atoms with Gasteiger partial charge < -0.3 is 14.4 Å². The van der Waals surface area contributed by atoms with Crippen molar-refractivity contribution < 1.29 is 9.59 Å². The Morgan fingerprint density at radius 2 is 2.00 bits per heavy atom. The molecule has 7 heteroatoms. The van der Waals surface area contributed by atoms with E-state index in [1.165, 1.54) is 0 Å². The molecule has 1 atom stereocenters. The topological polar surface area (TPSA) is 61.7 Å². The third kappa shape index (κ3) is 3.23. The molecular formula is C20H25N5O2. The molecule has 0 N–H and O–H groups in total. The molecule has 27 heavy (non-hydrogen) atoms. The first-order valence-corrected chi connectivity index (χ1v) is 9.31. The van der Waals surface area contributed by atoms with Crippen LogP contribution in [0.1, 0.15) is 19.2 Å². The van der Waals surface area contributed by atoms with Gasteiger partial charge in [0.05, 0.1) is 18.6 Å². The first-order chi connectivity index (χ1) is 13.0. The standard InChI is InChI=1S/C20H25N5O2/c1-16(26)25-13-19(27)24(17-6-4-3-5-7-17)15-20(25)8-10-23(14-20)12-18-21-9-11-22(18)2/h3-7,9,11H,8,10,12-15H2,1-2H3/t20-/m1/s1. The van der Waals surface area contributed by atoms with Crippen molar-refractivity contribution >= 4 is 17.5 Å². The molecule has 0 unspecified atom stereocenters. The number of aromatic nitrogens is 2. The van der Waals surface area contributed by atoms with Crippen LogP contribution in [0.25, 0.3) is 0 Å². The van der Waals surface area contributed by atoms with Crippen molar-refractivity contribution in [3.8, 4) is 0 Å². The number of amides is 2. The number of benzene rings is 1. The molecule has 142 valence electrons. The number of carbonyl (C=O) groups excluding carboxylic acids is 2. The highest BCUT2D eigenvalue weighted by atomic mass is 16.2. The zero-order chi connectivity index (χ0) is 19.0. The summed E-state index contributed by atoms with van der Waals surface area (Å²) in [4.78, 5) is 35.5. The largest absolute Gasteiger partial charge is 0.337 e. The molecule has 2 aliphatic rings. The summed E-state index contributed by atoms with van der Waals surface area (Å²) in [6.07, 6.45) is 4.60. The number of hydrogen-bond acceptors (Lipinski definition) is 4. The summed E-state index contributed by atoms with van der Waals surface area (Å²) in [5, 5.41) is 0. The van der Waals surface area contributed by atoms with E-state index in [0.717, 1.165) is 37.6 Å². The predicted octanol–water partition coefficient (Wildman–Crippen LogP) is 1.26. The van der Waals surface area contributed by atoms with Crippen LogP contribution in [0.4, 0.5) is 5.69 Å². The maximum atomic E-state index is 12.7. The lowest BCUT2D eigenvalue weighted by atomic mass is 9.91. The van der Waals surface area contributed by atoms with Crippen LogP contribution >= 0.6 is 0 Å². The van der Waals surface area contributed by atoms with Crippen molar-refractivity contribution in [3.05, 3.63) is 48.5 Å². The van der Waals surface area contributed by atoms with Crippen molar-refractivity contribution in [2.24, 2.45) is 7.05 Å². The molecule has 0 saturated carbocycles. The number of imidazole rings is 1. The van der Waals surface area contributed by atoms with Crippen LogP contribution in [0.5, 0.6) is 0 Å². The minimum absolute atomic E-state index is 0.0235. The molecule has 2 aliphatic heterocycles. The molecule has 0 radical (unpaired) electrons. The maximum absolute atomic E-state index is 12.7. The first kappa shape index (κ1) is 17.7. The second-order valence-corrected chi connectivity index (χ2v) is 7.56. The lowest BCUT2D eigenvalue weighted by Crippen LogP contribution is -2.66. The number of carbonyl (C=O) groups is 2. The average Bonchev–Trinajstić information content (AvgIpc) is 3.25. The Morgan fingerprint density at radius 3 is 2.67 bits per heavy atom. The molecule has 1 spiro atoms.